The molecule has 0 N–H and O–H groups in total. The first-order chi connectivity index (χ1) is 7.95. The maximum Gasteiger partial charge on any atom is 0.306 e. The molecule has 0 aliphatic carbocycles. The Morgan fingerprint density at radius 1 is 1.47 bits per heavy atom. The Balaban J connectivity index is 2.85. The van der Waals surface area contributed by atoms with Gasteiger partial charge in [0.2, 0.25) is 0 Å². The van der Waals surface area contributed by atoms with Gasteiger partial charge in [-0.3, -0.25) is 9.59 Å². The van der Waals surface area contributed by atoms with Crippen molar-refractivity contribution < 1.29 is 18.7 Å². The highest BCUT2D eigenvalue weighted by atomic mass is 35.5. The van der Waals surface area contributed by atoms with Crippen molar-refractivity contribution in [2.45, 2.75) is 13.3 Å². The van der Waals surface area contributed by atoms with E-state index in [1.54, 1.807) is 6.92 Å². The molecule has 3 nitrogen and oxygen atoms in total. The Morgan fingerprint density at radius 3 is 2.65 bits per heavy atom. The van der Waals surface area contributed by atoms with Crippen LogP contribution in [0.25, 0.3) is 0 Å². The molecule has 1 rings (SSSR count). The maximum absolute atomic E-state index is 13.5. The van der Waals surface area contributed by atoms with E-state index in [-0.39, 0.29) is 17.0 Å². The van der Waals surface area contributed by atoms with Crippen molar-refractivity contribution in [2.75, 3.05) is 7.11 Å². The Morgan fingerprint density at radius 2 is 2.12 bits per heavy atom. The summed E-state index contributed by atoms with van der Waals surface area (Å²) in [5, 5.41) is 0.222. The summed E-state index contributed by atoms with van der Waals surface area (Å²) in [6.45, 7) is 1.55. The molecule has 1 atom stereocenters. The Hall–Kier alpha value is -1.42. The smallest absolute Gasteiger partial charge is 0.306 e. The maximum atomic E-state index is 13.5. The average molecular weight is 259 g/mol. The molecule has 1 aromatic carbocycles. The normalized spacial score (nSPS) is 12.0. The predicted octanol–water partition coefficient (Wildman–Crippen LogP) is 2.86. The Kier molecular flexibility index (Phi) is 4.63. The fourth-order valence-corrected chi connectivity index (χ4v) is 1.54. The molecule has 0 radical (unpaired) electrons. The van der Waals surface area contributed by atoms with Gasteiger partial charge < -0.3 is 4.74 Å². The van der Waals surface area contributed by atoms with E-state index in [9.17, 15) is 14.0 Å². The fraction of sp³-hybridized carbons (Fsp3) is 0.333. The summed E-state index contributed by atoms with van der Waals surface area (Å²) in [5.41, 5.74) is -0.0641. The number of carbonyl (C=O) groups is 2. The van der Waals surface area contributed by atoms with Crippen LogP contribution in [0.1, 0.15) is 23.7 Å². The second-order valence-corrected chi connectivity index (χ2v) is 4.11. The van der Waals surface area contributed by atoms with E-state index in [0.29, 0.717) is 0 Å². The predicted molar refractivity (Wildman–Crippen MR) is 61.5 cm³/mol. The van der Waals surface area contributed by atoms with Gasteiger partial charge in [-0.05, 0) is 18.2 Å². The molecule has 1 aromatic rings. The van der Waals surface area contributed by atoms with E-state index >= 15 is 0 Å². The van der Waals surface area contributed by atoms with Gasteiger partial charge in [0.05, 0.1) is 19.1 Å². The standard InChI is InChI=1S/C12H12ClFO3/c1-7(5-11(15)17-2)12(16)9-4-3-8(13)6-10(9)14/h3-4,6-7H,5H2,1-2H3. The first-order valence-electron chi connectivity index (χ1n) is 5.01. The van der Waals surface area contributed by atoms with Crippen LogP contribution in [0.3, 0.4) is 0 Å². The summed E-state index contributed by atoms with van der Waals surface area (Å²) in [7, 11) is 1.24. The molecule has 0 aliphatic heterocycles. The number of methoxy groups -OCH3 is 1. The SMILES string of the molecule is COC(=O)CC(C)C(=O)c1ccc(Cl)cc1F. The summed E-state index contributed by atoms with van der Waals surface area (Å²) in [5.74, 6) is -2.25. The first-order valence-corrected chi connectivity index (χ1v) is 5.39. The number of Topliss-reactive ketones (excluding diaryl/α,β-unsaturated/α-hetero) is 1. The molecule has 5 heteroatoms. The summed E-state index contributed by atoms with van der Waals surface area (Å²) < 4.78 is 17.9. The van der Waals surface area contributed by atoms with Crippen LogP contribution < -0.4 is 0 Å². The van der Waals surface area contributed by atoms with Crippen LogP contribution in [0.5, 0.6) is 0 Å². The van der Waals surface area contributed by atoms with Gasteiger partial charge in [-0.1, -0.05) is 18.5 Å². The van der Waals surface area contributed by atoms with Crippen LogP contribution in [-0.4, -0.2) is 18.9 Å². The van der Waals surface area contributed by atoms with Gasteiger partial charge in [0.15, 0.2) is 5.78 Å². The third-order valence-electron chi connectivity index (χ3n) is 2.34. The van der Waals surface area contributed by atoms with Gasteiger partial charge in [0.25, 0.3) is 0 Å². The average Bonchev–Trinajstić information content (AvgIpc) is 2.28. The summed E-state index contributed by atoms with van der Waals surface area (Å²) in [4.78, 5) is 22.8. The van der Waals surface area contributed by atoms with Crippen LogP contribution in [0.15, 0.2) is 18.2 Å². The quantitative estimate of drug-likeness (QED) is 0.616. The molecule has 0 aliphatic rings. The minimum absolute atomic E-state index is 0.0641. The summed E-state index contributed by atoms with van der Waals surface area (Å²) in [6.07, 6.45) is -0.0720. The van der Waals surface area contributed by atoms with E-state index in [4.69, 9.17) is 11.6 Å². The van der Waals surface area contributed by atoms with Crippen molar-refractivity contribution in [2.24, 2.45) is 5.92 Å². The number of halogens is 2. The molecule has 0 fully saturated rings. The van der Waals surface area contributed by atoms with Gasteiger partial charge in [-0.2, -0.15) is 0 Å². The van der Waals surface area contributed by atoms with Crippen LogP contribution in [0.4, 0.5) is 4.39 Å². The number of ether oxygens (including phenoxy) is 1. The number of carbonyl (C=O) groups excluding carboxylic acids is 2. The number of hydrogen-bond acceptors (Lipinski definition) is 3. The van der Waals surface area contributed by atoms with Gasteiger partial charge in [0.1, 0.15) is 5.82 Å². The van der Waals surface area contributed by atoms with Crippen molar-refractivity contribution in [3.63, 3.8) is 0 Å². The largest absolute Gasteiger partial charge is 0.469 e. The second-order valence-electron chi connectivity index (χ2n) is 3.67. The molecule has 0 amide bonds. The van der Waals surface area contributed by atoms with Gasteiger partial charge in [-0.25, -0.2) is 4.39 Å². The highest BCUT2D eigenvalue weighted by Gasteiger charge is 2.21. The molecule has 0 heterocycles. The zero-order valence-corrected chi connectivity index (χ0v) is 10.3. The number of esters is 1. The van der Waals surface area contributed by atoms with E-state index in [0.717, 1.165) is 6.07 Å². The monoisotopic (exact) mass is 258 g/mol. The Bertz CT molecular complexity index is 445. The minimum Gasteiger partial charge on any atom is -0.469 e. The molecule has 0 aromatic heterocycles. The molecular weight excluding hydrogens is 247 g/mol. The highest BCUT2D eigenvalue weighted by molar-refractivity contribution is 6.30. The third-order valence-corrected chi connectivity index (χ3v) is 2.58. The molecular formula is C12H12ClFO3. The lowest BCUT2D eigenvalue weighted by Crippen LogP contribution is -2.17. The zero-order valence-electron chi connectivity index (χ0n) is 9.50. The summed E-state index contributed by atoms with van der Waals surface area (Å²) >= 11 is 5.58. The third kappa shape index (κ3) is 3.53. The highest BCUT2D eigenvalue weighted by Crippen LogP contribution is 2.19. The number of benzene rings is 1. The second kappa shape index (κ2) is 5.77. The van der Waals surface area contributed by atoms with Crippen LogP contribution in [0.2, 0.25) is 5.02 Å². The van der Waals surface area contributed by atoms with Gasteiger partial charge in [-0.15, -0.1) is 0 Å². The lowest BCUT2D eigenvalue weighted by atomic mass is 9.96. The van der Waals surface area contributed by atoms with E-state index < -0.39 is 23.5 Å². The van der Waals surface area contributed by atoms with E-state index in [1.165, 1.54) is 19.2 Å². The van der Waals surface area contributed by atoms with Crippen molar-refractivity contribution in [1.82, 2.24) is 0 Å². The molecule has 1 unspecified atom stereocenters. The molecule has 0 saturated carbocycles. The first kappa shape index (κ1) is 13.6. The van der Waals surface area contributed by atoms with Crippen molar-refractivity contribution in [1.29, 1.82) is 0 Å². The zero-order chi connectivity index (χ0) is 13.0. The van der Waals surface area contributed by atoms with Gasteiger partial charge >= 0.3 is 5.97 Å². The Labute approximate surface area is 104 Å². The van der Waals surface area contributed by atoms with Crippen LogP contribution >= 0.6 is 11.6 Å². The van der Waals surface area contributed by atoms with Crippen LogP contribution in [-0.2, 0) is 9.53 Å². The number of hydrogen-bond donors (Lipinski definition) is 0. The van der Waals surface area contributed by atoms with E-state index in [2.05, 4.69) is 4.74 Å². The van der Waals surface area contributed by atoms with Crippen LogP contribution in [0, 0.1) is 11.7 Å². The molecule has 0 bridgehead atoms. The molecule has 0 spiro atoms. The number of ketones is 1. The fourth-order valence-electron chi connectivity index (χ4n) is 1.38. The molecule has 92 valence electrons. The number of rotatable bonds is 4. The molecule has 17 heavy (non-hydrogen) atoms. The van der Waals surface area contributed by atoms with Crippen molar-refractivity contribution >= 4 is 23.4 Å². The topological polar surface area (TPSA) is 43.4 Å². The van der Waals surface area contributed by atoms with Crippen molar-refractivity contribution in [3.05, 3.63) is 34.6 Å². The van der Waals surface area contributed by atoms with Gasteiger partial charge in [0, 0.05) is 10.9 Å². The van der Waals surface area contributed by atoms with Crippen molar-refractivity contribution in [3.8, 4) is 0 Å². The lowest BCUT2D eigenvalue weighted by molar-refractivity contribution is -0.141. The summed E-state index contributed by atoms with van der Waals surface area (Å²) in [6, 6.07) is 3.82. The molecule has 0 saturated heterocycles. The lowest BCUT2D eigenvalue weighted by Gasteiger charge is -2.09. The minimum atomic E-state index is -0.681. The van der Waals surface area contributed by atoms with E-state index in [1.807, 2.05) is 0 Å².